The van der Waals surface area contributed by atoms with E-state index in [1.165, 1.54) is 5.56 Å². The van der Waals surface area contributed by atoms with Crippen molar-refractivity contribution in [1.29, 1.82) is 0 Å². The molecule has 0 aromatic heterocycles. The maximum atomic E-state index is 13.1. The molecule has 0 aliphatic carbocycles. The van der Waals surface area contributed by atoms with Crippen LogP contribution in [0.4, 0.5) is 0 Å². The second-order valence-electron chi connectivity index (χ2n) is 8.01. The van der Waals surface area contributed by atoms with Crippen LogP contribution in [-0.2, 0) is 16.1 Å². The number of ether oxygens (including phenoxy) is 1. The molecule has 0 spiro atoms. The predicted octanol–water partition coefficient (Wildman–Crippen LogP) is 3.24. The minimum Gasteiger partial charge on any atom is -0.497 e. The smallest absolute Gasteiger partial charge is 0.225 e. The number of benzene rings is 2. The Labute approximate surface area is 185 Å². The third kappa shape index (κ3) is 5.85. The summed E-state index contributed by atoms with van der Waals surface area (Å²) in [6.07, 6.45) is 0.962. The maximum Gasteiger partial charge on any atom is 0.225 e. The van der Waals surface area contributed by atoms with Crippen LogP contribution in [0.15, 0.2) is 54.6 Å². The Balaban J connectivity index is 1.61. The molecule has 1 aliphatic heterocycles. The van der Waals surface area contributed by atoms with E-state index < -0.39 is 0 Å². The molecule has 2 amide bonds. The van der Waals surface area contributed by atoms with Gasteiger partial charge in [-0.05, 0) is 36.2 Å². The molecule has 3 rings (SSSR count). The van der Waals surface area contributed by atoms with Gasteiger partial charge < -0.3 is 15.0 Å². The lowest BCUT2D eigenvalue weighted by Crippen LogP contribution is -2.47. The molecule has 1 heterocycles. The highest BCUT2D eigenvalue weighted by Gasteiger charge is 2.38. The summed E-state index contributed by atoms with van der Waals surface area (Å²) in [5.41, 5.74) is 2.22. The third-order valence-electron chi connectivity index (χ3n) is 6.08. The van der Waals surface area contributed by atoms with E-state index in [1.807, 2.05) is 42.5 Å². The number of likely N-dealkylation sites (tertiary alicyclic amines) is 1. The van der Waals surface area contributed by atoms with Crippen LogP contribution in [0.25, 0.3) is 0 Å². The van der Waals surface area contributed by atoms with Crippen molar-refractivity contribution in [3.05, 3.63) is 65.7 Å². The number of nitrogens with zero attached hydrogens (tertiary/aromatic N) is 2. The Morgan fingerprint density at radius 1 is 1.16 bits per heavy atom. The molecule has 1 aliphatic rings. The van der Waals surface area contributed by atoms with Gasteiger partial charge in [-0.25, -0.2) is 0 Å². The predicted molar refractivity (Wildman–Crippen MR) is 122 cm³/mol. The fourth-order valence-electron chi connectivity index (χ4n) is 4.23. The molecule has 1 saturated heterocycles. The second-order valence-corrected chi connectivity index (χ2v) is 8.01. The number of rotatable bonds is 9. The van der Waals surface area contributed by atoms with Gasteiger partial charge in [-0.2, -0.15) is 0 Å². The summed E-state index contributed by atoms with van der Waals surface area (Å²) in [5, 5.41) is 3.12. The molecule has 0 saturated carbocycles. The summed E-state index contributed by atoms with van der Waals surface area (Å²) in [5.74, 6) is 0.578. The molecule has 1 N–H and O–H groups in total. The van der Waals surface area contributed by atoms with Crippen LogP contribution in [0.3, 0.4) is 0 Å². The number of piperidine rings is 1. The minimum atomic E-state index is -0.265. The molecular weight excluding hydrogens is 390 g/mol. The summed E-state index contributed by atoms with van der Waals surface area (Å²) in [4.78, 5) is 29.5. The van der Waals surface area contributed by atoms with Gasteiger partial charge in [0.1, 0.15) is 5.75 Å². The van der Waals surface area contributed by atoms with E-state index in [-0.39, 0.29) is 23.8 Å². The Hall–Kier alpha value is -2.86. The van der Waals surface area contributed by atoms with Gasteiger partial charge in [-0.3, -0.25) is 14.5 Å². The fraction of sp³-hybridized carbons (Fsp3) is 0.440. The highest BCUT2D eigenvalue weighted by atomic mass is 16.5. The summed E-state index contributed by atoms with van der Waals surface area (Å²) in [6, 6.07) is 17.7. The van der Waals surface area contributed by atoms with Crippen LogP contribution in [0.1, 0.15) is 36.9 Å². The molecule has 2 unspecified atom stereocenters. The topological polar surface area (TPSA) is 61.9 Å². The number of hydrogen-bond acceptors (Lipinski definition) is 4. The second kappa shape index (κ2) is 11.0. The van der Waals surface area contributed by atoms with Crippen LogP contribution in [0.2, 0.25) is 0 Å². The van der Waals surface area contributed by atoms with Crippen molar-refractivity contribution in [2.24, 2.45) is 5.92 Å². The van der Waals surface area contributed by atoms with E-state index in [2.05, 4.69) is 29.3 Å². The zero-order valence-electron chi connectivity index (χ0n) is 18.7. The molecular formula is C25H33N3O3. The van der Waals surface area contributed by atoms with Crippen molar-refractivity contribution in [3.8, 4) is 5.75 Å². The maximum absolute atomic E-state index is 13.1. The quantitative estimate of drug-likeness (QED) is 0.673. The number of likely N-dealkylation sites (N-methyl/N-ethyl adjacent to an activating group) is 1. The van der Waals surface area contributed by atoms with Gasteiger partial charge in [0.05, 0.1) is 19.1 Å². The van der Waals surface area contributed by atoms with Crippen molar-refractivity contribution in [2.75, 3.05) is 33.8 Å². The first-order valence-corrected chi connectivity index (χ1v) is 11.0. The Kier molecular flexibility index (Phi) is 8.06. The molecule has 0 bridgehead atoms. The van der Waals surface area contributed by atoms with Crippen LogP contribution in [0.5, 0.6) is 5.75 Å². The molecule has 2 atom stereocenters. The van der Waals surface area contributed by atoms with Gasteiger partial charge in [0.2, 0.25) is 11.8 Å². The van der Waals surface area contributed by atoms with Crippen molar-refractivity contribution < 1.29 is 14.3 Å². The number of nitrogens with one attached hydrogen (secondary N) is 1. The number of hydrogen-bond donors (Lipinski definition) is 1. The number of carbonyl (C=O) groups excluding carboxylic acids is 2. The molecule has 1 fully saturated rings. The van der Waals surface area contributed by atoms with E-state index in [4.69, 9.17) is 4.74 Å². The van der Waals surface area contributed by atoms with Gasteiger partial charge in [-0.15, -0.1) is 0 Å². The fourth-order valence-corrected chi connectivity index (χ4v) is 4.23. The molecule has 166 valence electrons. The molecule has 31 heavy (non-hydrogen) atoms. The lowest BCUT2D eigenvalue weighted by molar-refractivity contribution is -0.141. The average Bonchev–Trinajstić information content (AvgIpc) is 2.80. The van der Waals surface area contributed by atoms with Crippen molar-refractivity contribution in [1.82, 2.24) is 15.1 Å². The molecule has 2 aromatic carbocycles. The van der Waals surface area contributed by atoms with Crippen LogP contribution < -0.4 is 10.1 Å². The lowest BCUT2D eigenvalue weighted by Gasteiger charge is -2.38. The van der Waals surface area contributed by atoms with Gasteiger partial charge in [0.25, 0.3) is 0 Å². The largest absolute Gasteiger partial charge is 0.497 e. The zero-order chi connectivity index (χ0) is 22.2. The first-order valence-electron chi connectivity index (χ1n) is 11.0. The highest BCUT2D eigenvalue weighted by molar-refractivity contribution is 5.84. The Morgan fingerprint density at radius 3 is 2.52 bits per heavy atom. The van der Waals surface area contributed by atoms with E-state index in [0.29, 0.717) is 19.4 Å². The summed E-state index contributed by atoms with van der Waals surface area (Å²) >= 11 is 0. The van der Waals surface area contributed by atoms with Crippen LogP contribution >= 0.6 is 0 Å². The average molecular weight is 424 g/mol. The van der Waals surface area contributed by atoms with Crippen molar-refractivity contribution in [3.63, 3.8) is 0 Å². The SMILES string of the molecule is CCN(CCNC(=O)C1CCC(=O)N(C)C1c1ccc(OC)cc1)Cc1ccccc1. The molecule has 6 nitrogen and oxygen atoms in total. The van der Waals surface area contributed by atoms with Gasteiger partial charge in [-0.1, -0.05) is 49.4 Å². The van der Waals surface area contributed by atoms with E-state index >= 15 is 0 Å². The number of carbonyl (C=O) groups is 2. The number of amides is 2. The third-order valence-corrected chi connectivity index (χ3v) is 6.08. The van der Waals surface area contributed by atoms with E-state index in [1.54, 1.807) is 19.1 Å². The standard InChI is InChI=1S/C25H33N3O3/c1-4-28(18-19-8-6-5-7-9-19)17-16-26-25(30)22-14-15-23(29)27(2)24(22)20-10-12-21(31-3)13-11-20/h5-13,22,24H,4,14-18H2,1-3H3,(H,26,30). The van der Waals surface area contributed by atoms with Gasteiger partial charge in [0, 0.05) is 33.1 Å². The summed E-state index contributed by atoms with van der Waals surface area (Å²) < 4.78 is 5.24. The van der Waals surface area contributed by atoms with Crippen LogP contribution in [0, 0.1) is 5.92 Å². The molecule has 6 heteroatoms. The minimum absolute atomic E-state index is 0.0101. The highest BCUT2D eigenvalue weighted by Crippen LogP contribution is 2.36. The molecule has 2 aromatic rings. The Morgan fingerprint density at radius 2 is 1.87 bits per heavy atom. The van der Waals surface area contributed by atoms with Crippen molar-refractivity contribution in [2.45, 2.75) is 32.4 Å². The summed E-state index contributed by atoms with van der Waals surface area (Å²) in [7, 11) is 3.41. The molecule has 0 radical (unpaired) electrons. The van der Waals surface area contributed by atoms with Crippen molar-refractivity contribution >= 4 is 11.8 Å². The van der Waals surface area contributed by atoms with E-state index in [0.717, 1.165) is 30.9 Å². The van der Waals surface area contributed by atoms with Crippen LogP contribution in [-0.4, -0.2) is 55.4 Å². The first kappa shape index (κ1) is 22.8. The summed E-state index contributed by atoms with van der Waals surface area (Å²) in [6.45, 7) is 5.28. The van der Waals surface area contributed by atoms with Gasteiger partial charge in [0.15, 0.2) is 0 Å². The normalized spacial score (nSPS) is 18.8. The van der Waals surface area contributed by atoms with E-state index in [9.17, 15) is 9.59 Å². The Bertz CT molecular complexity index is 854. The lowest BCUT2D eigenvalue weighted by atomic mass is 9.84. The first-order chi connectivity index (χ1) is 15.0. The van der Waals surface area contributed by atoms with Gasteiger partial charge >= 0.3 is 0 Å². The zero-order valence-corrected chi connectivity index (χ0v) is 18.7. The number of methoxy groups -OCH3 is 1. The monoisotopic (exact) mass is 423 g/mol.